The molecule has 12 nitrogen and oxygen atoms in total. The second-order valence-electron chi connectivity index (χ2n) is 14.7. The van der Waals surface area contributed by atoms with Crippen molar-refractivity contribution >= 4 is 85.9 Å². The topological polar surface area (TPSA) is 200 Å². The van der Waals surface area contributed by atoms with Crippen LogP contribution in [0.25, 0.3) is 32.7 Å². The number of carbonyl (C=O) groups excluding carboxylic acids is 1. The third kappa shape index (κ3) is 8.87. The minimum absolute atomic E-state index is 0.133. The molecule has 3 saturated carbocycles. The maximum absolute atomic E-state index is 12.2. The zero-order chi connectivity index (χ0) is 41.8. The second-order valence-corrected chi connectivity index (χ2v) is 19.0. The third-order valence-electron chi connectivity index (χ3n) is 10.9. The van der Waals surface area contributed by atoms with Gasteiger partial charge in [0.1, 0.15) is 31.5 Å². The Labute approximate surface area is 352 Å². The molecular formula is C44H43N3O9S3. The third-order valence-corrected chi connectivity index (χ3v) is 15.5. The van der Waals surface area contributed by atoms with Gasteiger partial charge in [-0.15, -0.1) is 35.3 Å². The quantitative estimate of drug-likeness (QED) is 0.0815. The van der Waals surface area contributed by atoms with Crippen molar-refractivity contribution in [3.8, 4) is 17.2 Å². The number of fused-ring (bicyclic) bond motifs is 3. The molecule has 6 aromatic rings. The van der Waals surface area contributed by atoms with Crippen LogP contribution in [0.1, 0.15) is 64.7 Å². The van der Waals surface area contributed by atoms with Gasteiger partial charge >= 0.3 is 17.9 Å². The van der Waals surface area contributed by atoms with Crippen LogP contribution in [0.15, 0.2) is 106 Å². The Kier molecular flexibility index (Phi) is 12.5. The van der Waals surface area contributed by atoms with Gasteiger partial charge in [0, 0.05) is 49.4 Å². The molecule has 0 unspecified atom stereocenters. The number of nitrogens with zero attached hydrogens (tertiary/aromatic N) is 3. The summed E-state index contributed by atoms with van der Waals surface area (Å²) in [6.07, 6.45) is 12.5. The van der Waals surface area contributed by atoms with Crippen LogP contribution in [-0.4, -0.2) is 79.2 Å². The molecule has 0 atom stereocenters. The Morgan fingerprint density at radius 3 is 1.14 bits per heavy atom. The van der Waals surface area contributed by atoms with E-state index in [1.165, 1.54) is 35.3 Å². The van der Waals surface area contributed by atoms with E-state index in [1.807, 2.05) is 25.1 Å². The fourth-order valence-corrected chi connectivity index (χ4v) is 11.3. The van der Waals surface area contributed by atoms with E-state index in [1.54, 1.807) is 73.2 Å². The number of esters is 1. The molecule has 5 N–H and O–H groups in total. The van der Waals surface area contributed by atoms with E-state index in [4.69, 9.17) is 4.74 Å². The Morgan fingerprint density at radius 2 is 0.864 bits per heavy atom. The summed E-state index contributed by atoms with van der Waals surface area (Å²) < 4.78 is 3.34. The molecule has 3 fully saturated rings. The fourth-order valence-electron chi connectivity index (χ4n) is 7.05. The van der Waals surface area contributed by atoms with Crippen molar-refractivity contribution in [3.05, 3.63) is 91.4 Å². The number of benzene rings is 3. The average Bonchev–Trinajstić information content (AvgIpc) is 3.16. The van der Waals surface area contributed by atoms with Crippen LogP contribution in [0, 0.1) is 0 Å². The van der Waals surface area contributed by atoms with Gasteiger partial charge in [-0.2, -0.15) is 0 Å². The maximum atomic E-state index is 12.2. The number of aliphatic carboxylic acids is 2. The Bertz CT molecular complexity index is 2430. The number of aromatic hydroxyl groups is 3. The van der Waals surface area contributed by atoms with Gasteiger partial charge in [-0.05, 0) is 138 Å². The summed E-state index contributed by atoms with van der Waals surface area (Å²) >= 11 is 4.29. The van der Waals surface area contributed by atoms with Crippen molar-refractivity contribution in [1.29, 1.82) is 0 Å². The summed E-state index contributed by atoms with van der Waals surface area (Å²) in [5.41, 5.74) is 2.35. The zero-order valence-corrected chi connectivity index (χ0v) is 34.6. The minimum Gasteiger partial charge on any atom is -0.508 e. The van der Waals surface area contributed by atoms with Crippen molar-refractivity contribution in [2.45, 2.75) is 93.6 Å². The van der Waals surface area contributed by atoms with Crippen molar-refractivity contribution in [1.82, 2.24) is 15.0 Å². The molecule has 0 bridgehead atoms. The summed E-state index contributed by atoms with van der Waals surface area (Å²) in [4.78, 5) is 50.5. The van der Waals surface area contributed by atoms with Gasteiger partial charge in [-0.3, -0.25) is 29.3 Å². The van der Waals surface area contributed by atoms with E-state index in [0.29, 0.717) is 32.3 Å². The summed E-state index contributed by atoms with van der Waals surface area (Å²) in [6, 6.07) is 20.5. The number of thioether (sulfide) groups is 3. The summed E-state index contributed by atoms with van der Waals surface area (Å²) in [6.45, 7) is 2.23. The van der Waals surface area contributed by atoms with E-state index in [9.17, 15) is 39.9 Å². The monoisotopic (exact) mass is 853 g/mol. The number of aromatic nitrogens is 3. The number of phenols is 3. The molecule has 3 aromatic carbocycles. The largest absolute Gasteiger partial charge is 0.508 e. The lowest BCUT2D eigenvalue weighted by Crippen LogP contribution is -2.43. The fraction of sp³-hybridized carbons (Fsp3) is 0.318. The van der Waals surface area contributed by atoms with Gasteiger partial charge in [0.2, 0.25) is 0 Å². The van der Waals surface area contributed by atoms with Gasteiger partial charge in [-0.25, -0.2) is 0 Å². The number of carboxylic acid groups (broad SMARTS) is 2. The Hall–Kier alpha value is -5.25. The number of hydrogen-bond acceptors (Lipinski definition) is 13. The van der Waals surface area contributed by atoms with Crippen LogP contribution in [0.4, 0.5) is 0 Å². The molecule has 3 aromatic heterocycles. The van der Waals surface area contributed by atoms with Crippen LogP contribution >= 0.6 is 35.3 Å². The lowest BCUT2D eigenvalue weighted by atomic mass is 9.84. The standard InChI is InChI=1S/C16H17NO3S.2C14H13NO3S/c1-2-20-15(19)16(7-3-8-16)21-14-6-9-17-13-5-4-11(18)10-12(13)14;2*16-9-2-3-11-10(8-9)12(4-7-15-11)19-14(13(17)18)5-1-6-14/h4-6,9-10,18H,2-3,7-8H2,1H3;2*2-4,7-8,16H,1,5-6H2,(H,17,18). The highest BCUT2D eigenvalue weighted by Gasteiger charge is 2.48. The SMILES string of the molecule is CCOC(=O)C1(Sc2ccnc3ccc(O)cc23)CCC1.O=C(O)C1(Sc2ccnc3ccc(O)cc23)CCC1.O=C(O)C1(Sc2ccnc3ccc(O)cc23)CCC1. The number of hydrogen-bond donors (Lipinski definition) is 5. The number of rotatable bonds is 10. The van der Waals surface area contributed by atoms with Gasteiger partial charge in [0.05, 0.1) is 23.2 Å². The first-order valence-electron chi connectivity index (χ1n) is 19.3. The Balaban J connectivity index is 0.000000134. The average molecular weight is 854 g/mol. The summed E-state index contributed by atoms with van der Waals surface area (Å²) in [5, 5.41) is 50.1. The van der Waals surface area contributed by atoms with E-state index < -0.39 is 26.2 Å². The smallest absolute Gasteiger partial charge is 0.322 e. The molecule has 3 aliphatic carbocycles. The molecule has 3 aliphatic rings. The van der Waals surface area contributed by atoms with Crippen LogP contribution in [0.3, 0.4) is 0 Å². The normalized spacial score (nSPS) is 16.8. The van der Waals surface area contributed by atoms with Crippen LogP contribution in [0.2, 0.25) is 0 Å². The van der Waals surface area contributed by atoms with E-state index >= 15 is 0 Å². The van der Waals surface area contributed by atoms with Crippen molar-refractivity contribution in [2.75, 3.05) is 6.61 Å². The highest BCUT2D eigenvalue weighted by atomic mass is 32.2. The minimum atomic E-state index is -0.756. The molecule has 15 heteroatoms. The van der Waals surface area contributed by atoms with Crippen LogP contribution in [0.5, 0.6) is 17.2 Å². The Morgan fingerprint density at radius 1 is 0.542 bits per heavy atom. The molecule has 9 rings (SSSR count). The van der Waals surface area contributed by atoms with Crippen molar-refractivity contribution in [3.63, 3.8) is 0 Å². The number of carboxylic acids is 2. The highest BCUT2D eigenvalue weighted by molar-refractivity contribution is 8.02. The van der Waals surface area contributed by atoms with Crippen LogP contribution < -0.4 is 0 Å². The molecule has 0 spiro atoms. The predicted molar refractivity (Wildman–Crippen MR) is 229 cm³/mol. The molecule has 0 amide bonds. The first kappa shape index (κ1) is 41.9. The first-order valence-corrected chi connectivity index (χ1v) is 21.8. The molecular weight excluding hydrogens is 811 g/mol. The predicted octanol–water partition coefficient (Wildman–Crippen LogP) is 9.60. The summed E-state index contributed by atoms with van der Waals surface area (Å²) in [5.74, 6) is -1.11. The molecule has 0 radical (unpaired) electrons. The van der Waals surface area contributed by atoms with Crippen LogP contribution in [-0.2, 0) is 19.1 Å². The molecule has 3 heterocycles. The molecule has 59 heavy (non-hydrogen) atoms. The number of carbonyl (C=O) groups is 3. The molecule has 0 saturated heterocycles. The lowest BCUT2D eigenvalue weighted by Gasteiger charge is -2.38. The maximum Gasteiger partial charge on any atom is 0.322 e. The first-order chi connectivity index (χ1) is 28.4. The number of pyridine rings is 3. The zero-order valence-electron chi connectivity index (χ0n) is 32.2. The van der Waals surface area contributed by atoms with E-state index in [2.05, 4.69) is 15.0 Å². The van der Waals surface area contributed by atoms with Gasteiger partial charge in [0.25, 0.3) is 0 Å². The van der Waals surface area contributed by atoms with Crippen molar-refractivity contribution < 1.29 is 44.7 Å². The van der Waals surface area contributed by atoms with Gasteiger partial charge < -0.3 is 30.3 Å². The van der Waals surface area contributed by atoms with Gasteiger partial charge in [-0.1, -0.05) is 0 Å². The molecule has 0 aliphatic heterocycles. The lowest BCUT2D eigenvalue weighted by molar-refractivity contribution is -0.148. The van der Waals surface area contributed by atoms with Gasteiger partial charge in [0.15, 0.2) is 0 Å². The van der Waals surface area contributed by atoms with E-state index in [-0.39, 0.29) is 23.2 Å². The summed E-state index contributed by atoms with van der Waals surface area (Å²) in [7, 11) is 0. The van der Waals surface area contributed by atoms with E-state index in [0.717, 1.165) is 79.5 Å². The molecule has 306 valence electrons. The second kappa shape index (κ2) is 17.5. The number of phenolic OH excluding ortho intramolecular Hbond substituents is 3. The highest BCUT2D eigenvalue weighted by Crippen LogP contribution is 2.52. The number of ether oxygens (including phenoxy) is 1. The van der Waals surface area contributed by atoms with Crippen molar-refractivity contribution in [2.24, 2.45) is 0 Å².